The molecule has 1 heterocycles. The van der Waals surface area contributed by atoms with Crippen molar-refractivity contribution in [3.8, 4) is 0 Å². The quantitative estimate of drug-likeness (QED) is 0.699. The maximum Gasteiger partial charge on any atom is 0.0855 e. The third kappa shape index (κ3) is 3.25. The number of rotatable bonds is 4. The SMILES string of the molecule is CCCC(NC)C1CN(C)CCO1. The molecular formula is C10H22N2O. The van der Waals surface area contributed by atoms with E-state index in [2.05, 4.69) is 24.2 Å². The first kappa shape index (κ1) is 11.0. The molecule has 0 amide bonds. The van der Waals surface area contributed by atoms with Crippen molar-refractivity contribution in [1.82, 2.24) is 10.2 Å². The van der Waals surface area contributed by atoms with E-state index in [1.165, 1.54) is 12.8 Å². The zero-order valence-corrected chi connectivity index (χ0v) is 9.05. The van der Waals surface area contributed by atoms with E-state index in [1.54, 1.807) is 0 Å². The Kier molecular flexibility index (Phi) is 4.70. The van der Waals surface area contributed by atoms with E-state index in [-0.39, 0.29) is 0 Å². The maximum absolute atomic E-state index is 5.75. The van der Waals surface area contributed by atoms with Gasteiger partial charge in [-0.1, -0.05) is 13.3 Å². The summed E-state index contributed by atoms with van der Waals surface area (Å²) < 4.78 is 5.75. The second-order valence-electron chi connectivity index (χ2n) is 3.86. The van der Waals surface area contributed by atoms with E-state index >= 15 is 0 Å². The van der Waals surface area contributed by atoms with Gasteiger partial charge >= 0.3 is 0 Å². The van der Waals surface area contributed by atoms with Gasteiger partial charge in [-0.05, 0) is 20.5 Å². The van der Waals surface area contributed by atoms with Gasteiger partial charge in [0.25, 0.3) is 0 Å². The fraction of sp³-hybridized carbons (Fsp3) is 1.00. The predicted octanol–water partition coefficient (Wildman–Crippen LogP) is 0.705. The lowest BCUT2D eigenvalue weighted by Crippen LogP contribution is -2.50. The van der Waals surface area contributed by atoms with Crippen LogP contribution in [0.1, 0.15) is 19.8 Å². The van der Waals surface area contributed by atoms with Crippen LogP contribution in [0.15, 0.2) is 0 Å². The van der Waals surface area contributed by atoms with Crippen LogP contribution in [0, 0.1) is 0 Å². The lowest BCUT2D eigenvalue weighted by atomic mass is 10.0. The van der Waals surface area contributed by atoms with E-state index in [1.807, 2.05) is 7.05 Å². The molecule has 0 aromatic carbocycles. The van der Waals surface area contributed by atoms with Crippen molar-refractivity contribution in [3.63, 3.8) is 0 Å². The highest BCUT2D eigenvalue weighted by molar-refractivity contribution is 4.80. The van der Waals surface area contributed by atoms with Crippen molar-refractivity contribution in [2.24, 2.45) is 0 Å². The molecule has 3 heteroatoms. The summed E-state index contributed by atoms with van der Waals surface area (Å²) in [5.41, 5.74) is 0. The summed E-state index contributed by atoms with van der Waals surface area (Å²) in [6, 6.07) is 0.521. The van der Waals surface area contributed by atoms with Crippen molar-refractivity contribution < 1.29 is 4.74 Å². The Morgan fingerprint density at radius 2 is 2.38 bits per heavy atom. The van der Waals surface area contributed by atoms with Gasteiger partial charge in [-0.3, -0.25) is 0 Å². The van der Waals surface area contributed by atoms with E-state index in [9.17, 15) is 0 Å². The zero-order chi connectivity index (χ0) is 9.68. The molecule has 2 unspecified atom stereocenters. The van der Waals surface area contributed by atoms with E-state index in [0.717, 1.165) is 19.7 Å². The van der Waals surface area contributed by atoms with Crippen molar-refractivity contribution >= 4 is 0 Å². The average Bonchev–Trinajstić information content (AvgIpc) is 2.14. The molecule has 0 aromatic heterocycles. The molecule has 1 aliphatic heterocycles. The molecule has 2 atom stereocenters. The maximum atomic E-state index is 5.75. The largest absolute Gasteiger partial charge is 0.374 e. The molecule has 78 valence electrons. The van der Waals surface area contributed by atoms with Crippen LogP contribution in [0.25, 0.3) is 0 Å². The van der Waals surface area contributed by atoms with Gasteiger partial charge in [0.15, 0.2) is 0 Å². The van der Waals surface area contributed by atoms with Crippen LogP contribution < -0.4 is 5.32 Å². The van der Waals surface area contributed by atoms with Gasteiger partial charge in [-0.25, -0.2) is 0 Å². The molecule has 1 aliphatic rings. The minimum Gasteiger partial charge on any atom is -0.374 e. The average molecular weight is 186 g/mol. The fourth-order valence-electron chi connectivity index (χ4n) is 1.88. The minimum atomic E-state index is 0.378. The number of nitrogens with zero attached hydrogens (tertiary/aromatic N) is 1. The molecule has 1 rings (SSSR count). The lowest BCUT2D eigenvalue weighted by molar-refractivity contribution is -0.0387. The van der Waals surface area contributed by atoms with Crippen LogP contribution in [0.2, 0.25) is 0 Å². The molecule has 0 radical (unpaired) electrons. The Hall–Kier alpha value is -0.120. The Balaban J connectivity index is 2.37. The third-order valence-electron chi connectivity index (χ3n) is 2.72. The molecule has 3 nitrogen and oxygen atoms in total. The molecule has 1 fully saturated rings. The van der Waals surface area contributed by atoms with Crippen LogP contribution >= 0.6 is 0 Å². The molecule has 13 heavy (non-hydrogen) atoms. The van der Waals surface area contributed by atoms with Crippen LogP contribution in [0.4, 0.5) is 0 Å². The monoisotopic (exact) mass is 186 g/mol. The Morgan fingerprint density at radius 3 is 2.92 bits per heavy atom. The van der Waals surface area contributed by atoms with Gasteiger partial charge in [-0.15, -0.1) is 0 Å². The highest BCUT2D eigenvalue weighted by Crippen LogP contribution is 2.11. The van der Waals surface area contributed by atoms with Gasteiger partial charge in [0, 0.05) is 19.1 Å². The summed E-state index contributed by atoms with van der Waals surface area (Å²) in [5, 5.41) is 3.34. The lowest BCUT2D eigenvalue weighted by Gasteiger charge is -2.35. The number of morpholine rings is 1. The smallest absolute Gasteiger partial charge is 0.0855 e. The molecule has 0 bridgehead atoms. The normalized spacial score (nSPS) is 27.5. The Labute approximate surface area is 81.4 Å². The second kappa shape index (κ2) is 5.58. The van der Waals surface area contributed by atoms with E-state index < -0.39 is 0 Å². The molecule has 0 aromatic rings. The highest BCUT2D eigenvalue weighted by Gasteiger charge is 2.24. The first-order chi connectivity index (χ1) is 6.27. The summed E-state index contributed by atoms with van der Waals surface area (Å²) >= 11 is 0. The number of likely N-dealkylation sites (N-methyl/N-ethyl adjacent to an activating group) is 2. The van der Waals surface area contributed by atoms with Gasteiger partial charge < -0.3 is 15.0 Å². The summed E-state index contributed by atoms with van der Waals surface area (Å²) in [7, 11) is 4.19. The zero-order valence-electron chi connectivity index (χ0n) is 9.05. The van der Waals surface area contributed by atoms with Gasteiger partial charge in [0.2, 0.25) is 0 Å². The van der Waals surface area contributed by atoms with E-state index in [0.29, 0.717) is 12.1 Å². The van der Waals surface area contributed by atoms with Crippen LogP contribution in [0.5, 0.6) is 0 Å². The van der Waals surface area contributed by atoms with Crippen molar-refractivity contribution in [2.45, 2.75) is 31.9 Å². The summed E-state index contributed by atoms with van der Waals surface area (Å²) in [6.45, 7) is 5.23. The molecule has 1 N–H and O–H groups in total. The van der Waals surface area contributed by atoms with Crippen molar-refractivity contribution in [3.05, 3.63) is 0 Å². The summed E-state index contributed by atoms with van der Waals surface area (Å²) in [5.74, 6) is 0. The Morgan fingerprint density at radius 1 is 1.62 bits per heavy atom. The molecule has 0 saturated carbocycles. The number of hydrogen-bond acceptors (Lipinski definition) is 3. The van der Waals surface area contributed by atoms with Crippen LogP contribution in [-0.4, -0.2) is 50.8 Å². The number of ether oxygens (including phenoxy) is 1. The summed E-state index contributed by atoms with van der Waals surface area (Å²) in [4.78, 5) is 2.34. The Bertz CT molecular complexity index is 141. The third-order valence-corrected chi connectivity index (χ3v) is 2.72. The molecule has 1 saturated heterocycles. The first-order valence-electron chi connectivity index (χ1n) is 5.25. The topological polar surface area (TPSA) is 24.5 Å². The number of hydrogen-bond donors (Lipinski definition) is 1. The molecule has 0 aliphatic carbocycles. The highest BCUT2D eigenvalue weighted by atomic mass is 16.5. The van der Waals surface area contributed by atoms with Crippen LogP contribution in [0.3, 0.4) is 0 Å². The van der Waals surface area contributed by atoms with Gasteiger partial charge in [0.05, 0.1) is 12.7 Å². The van der Waals surface area contributed by atoms with Crippen molar-refractivity contribution in [1.29, 1.82) is 0 Å². The predicted molar refractivity (Wildman–Crippen MR) is 55.0 cm³/mol. The minimum absolute atomic E-state index is 0.378. The molecular weight excluding hydrogens is 164 g/mol. The standard InChI is InChI=1S/C10H22N2O/c1-4-5-9(11-2)10-8-12(3)6-7-13-10/h9-11H,4-8H2,1-3H3. The second-order valence-corrected chi connectivity index (χ2v) is 3.86. The van der Waals surface area contributed by atoms with E-state index in [4.69, 9.17) is 4.74 Å². The first-order valence-corrected chi connectivity index (χ1v) is 5.25. The molecule has 0 spiro atoms. The van der Waals surface area contributed by atoms with Crippen molar-refractivity contribution in [2.75, 3.05) is 33.8 Å². The summed E-state index contributed by atoms with van der Waals surface area (Å²) in [6.07, 6.45) is 2.80. The van der Waals surface area contributed by atoms with Gasteiger partial charge in [0.1, 0.15) is 0 Å². The van der Waals surface area contributed by atoms with Gasteiger partial charge in [-0.2, -0.15) is 0 Å². The van der Waals surface area contributed by atoms with Crippen LogP contribution in [-0.2, 0) is 4.74 Å². The fourth-order valence-corrected chi connectivity index (χ4v) is 1.88. The number of nitrogens with one attached hydrogen (secondary N) is 1.